The normalized spacial score (nSPS) is 27.7. The fraction of sp³-hybridized carbons (Fsp3) is 0.350. The number of hydrogen-bond acceptors (Lipinski definition) is 3. The van der Waals surface area contributed by atoms with Crippen LogP contribution < -0.4 is 0 Å². The summed E-state index contributed by atoms with van der Waals surface area (Å²) < 4.78 is 5.25. The van der Waals surface area contributed by atoms with Crippen molar-refractivity contribution in [1.29, 1.82) is 0 Å². The lowest BCUT2D eigenvalue weighted by Gasteiger charge is -2.33. The van der Waals surface area contributed by atoms with E-state index < -0.39 is 12.0 Å². The molecule has 0 radical (unpaired) electrons. The van der Waals surface area contributed by atoms with Crippen LogP contribution in [0.3, 0.4) is 0 Å². The van der Waals surface area contributed by atoms with E-state index in [1.165, 1.54) is 16.7 Å². The molecule has 4 rings (SSSR count). The van der Waals surface area contributed by atoms with Gasteiger partial charge >= 0.3 is 5.97 Å². The zero-order valence-electron chi connectivity index (χ0n) is 13.1. The van der Waals surface area contributed by atoms with Crippen molar-refractivity contribution in [3.8, 4) is 11.1 Å². The molecule has 0 bridgehead atoms. The predicted molar refractivity (Wildman–Crippen MR) is 88.1 cm³/mol. The molecule has 2 aliphatic rings. The van der Waals surface area contributed by atoms with Gasteiger partial charge in [-0.05, 0) is 41.5 Å². The molecule has 2 aliphatic carbocycles. The van der Waals surface area contributed by atoms with Gasteiger partial charge in [0.15, 0.2) is 0 Å². The second kappa shape index (κ2) is 5.50. The standard InChI is InChI=1S/C20H20O3/c1-2-23-20(22)19-17(21)11-16-14-9-4-3-7-12(14)13-8-5-6-10-15(13)18(16)19/h3-10,16-19,21H,2,11H2,1H3/t16-,17-,18-,19+/m1/s1. The largest absolute Gasteiger partial charge is 0.466 e. The quantitative estimate of drug-likeness (QED) is 0.864. The highest BCUT2D eigenvalue weighted by Crippen LogP contribution is 2.57. The molecule has 0 unspecified atom stereocenters. The molecule has 1 N–H and O–H groups in total. The van der Waals surface area contributed by atoms with Gasteiger partial charge in [0.25, 0.3) is 0 Å². The van der Waals surface area contributed by atoms with E-state index in [-0.39, 0.29) is 17.8 Å². The molecule has 0 saturated heterocycles. The first-order valence-corrected chi connectivity index (χ1v) is 8.25. The maximum absolute atomic E-state index is 12.5. The molecule has 3 nitrogen and oxygen atoms in total. The van der Waals surface area contributed by atoms with Gasteiger partial charge in [-0.2, -0.15) is 0 Å². The van der Waals surface area contributed by atoms with Crippen molar-refractivity contribution >= 4 is 5.97 Å². The number of fused-ring (bicyclic) bond motifs is 6. The number of aliphatic hydroxyl groups is 1. The number of rotatable bonds is 2. The minimum atomic E-state index is -0.650. The summed E-state index contributed by atoms with van der Waals surface area (Å²) in [5.41, 5.74) is 4.79. The first-order valence-electron chi connectivity index (χ1n) is 8.25. The lowest BCUT2D eigenvalue weighted by molar-refractivity contribution is -0.151. The summed E-state index contributed by atoms with van der Waals surface area (Å²) in [5, 5.41) is 10.6. The van der Waals surface area contributed by atoms with Crippen LogP contribution in [0.5, 0.6) is 0 Å². The third kappa shape index (κ3) is 2.11. The van der Waals surface area contributed by atoms with E-state index in [2.05, 4.69) is 24.3 Å². The number of hydrogen-bond donors (Lipinski definition) is 1. The van der Waals surface area contributed by atoms with Gasteiger partial charge in [-0.25, -0.2) is 0 Å². The van der Waals surface area contributed by atoms with E-state index in [9.17, 15) is 9.90 Å². The van der Waals surface area contributed by atoms with Gasteiger partial charge in [0.05, 0.1) is 18.6 Å². The van der Waals surface area contributed by atoms with Crippen LogP contribution >= 0.6 is 0 Å². The summed E-state index contributed by atoms with van der Waals surface area (Å²) in [6.07, 6.45) is -0.0391. The lowest BCUT2D eigenvalue weighted by atomic mass is 9.71. The van der Waals surface area contributed by atoms with Crippen LogP contribution in [0.25, 0.3) is 11.1 Å². The molecule has 118 valence electrons. The predicted octanol–water partition coefficient (Wildman–Crippen LogP) is 3.48. The van der Waals surface area contributed by atoms with Gasteiger partial charge < -0.3 is 9.84 Å². The molecule has 1 saturated carbocycles. The van der Waals surface area contributed by atoms with Gasteiger partial charge in [-0.3, -0.25) is 4.79 Å². The second-order valence-corrected chi connectivity index (χ2v) is 6.39. The Morgan fingerprint density at radius 2 is 1.70 bits per heavy atom. The molecule has 2 aromatic rings. The van der Waals surface area contributed by atoms with E-state index in [1.54, 1.807) is 6.92 Å². The van der Waals surface area contributed by atoms with Crippen molar-refractivity contribution in [2.75, 3.05) is 6.61 Å². The highest BCUT2D eigenvalue weighted by molar-refractivity contribution is 5.81. The van der Waals surface area contributed by atoms with Crippen molar-refractivity contribution < 1.29 is 14.6 Å². The van der Waals surface area contributed by atoms with Crippen LogP contribution in [-0.2, 0) is 9.53 Å². The maximum atomic E-state index is 12.5. The topological polar surface area (TPSA) is 46.5 Å². The number of benzene rings is 2. The molecular weight excluding hydrogens is 288 g/mol. The maximum Gasteiger partial charge on any atom is 0.312 e. The van der Waals surface area contributed by atoms with Gasteiger partial charge in [0, 0.05) is 5.92 Å². The third-order valence-corrected chi connectivity index (χ3v) is 5.26. The Kier molecular flexibility index (Phi) is 3.46. The summed E-state index contributed by atoms with van der Waals surface area (Å²) in [7, 11) is 0. The summed E-state index contributed by atoms with van der Waals surface area (Å²) >= 11 is 0. The van der Waals surface area contributed by atoms with Crippen LogP contribution in [0.2, 0.25) is 0 Å². The lowest BCUT2D eigenvalue weighted by Crippen LogP contribution is -2.30. The van der Waals surface area contributed by atoms with Crippen molar-refractivity contribution in [2.24, 2.45) is 5.92 Å². The van der Waals surface area contributed by atoms with Gasteiger partial charge in [0.1, 0.15) is 0 Å². The number of ether oxygens (including phenoxy) is 1. The Morgan fingerprint density at radius 1 is 1.09 bits per heavy atom. The molecule has 2 aromatic carbocycles. The SMILES string of the molecule is CCOC(=O)[C@@H]1[C@@H]2c3ccccc3-c3ccccc3[C@H]2C[C@H]1O. The van der Waals surface area contributed by atoms with E-state index >= 15 is 0 Å². The van der Waals surface area contributed by atoms with Crippen LogP contribution in [0.4, 0.5) is 0 Å². The van der Waals surface area contributed by atoms with E-state index in [0.29, 0.717) is 13.0 Å². The average Bonchev–Trinajstić information content (AvgIpc) is 2.93. The average molecular weight is 308 g/mol. The molecule has 23 heavy (non-hydrogen) atoms. The highest BCUT2D eigenvalue weighted by atomic mass is 16.5. The van der Waals surface area contributed by atoms with E-state index in [1.807, 2.05) is 24.3 Å². The monoisotopic (exact) mass is 308 g/mol. The van der Waals surface area contributed by atoms with Crippen LogP contribution in [0, 0.1) is 5.92 Å². The molecule has 3 heteroatoms. The summed E-state index contributed by atoms with van der Waals surface area (Å²) in [6, 6.07) is 16.6. The minimum Gasteiger partial charge on any atom is -0.466 e. The van der Waals surface area contributed by atoms with Crippen LogP contribution in [0.15, 0.2) is 48.5 Å². The van der Waals surface area contributed by atoms with Crippen molar-refractivity contribution in [3.63, 3.8) is 0 Å². The van der Waals surface area contributed by atoms with Crippen molar-refractivity contribution in [3.05, 3.63) is 59.7 Å². The molecule has 0 aliphatic heterocycles. The molecule has 0 amide bonds. The van der Waals surface area contributed by atoms with Crippen molar-refractivity contribution in [1.82, 2.24) is 0 Å². The number of carbonyl (C=O) groups excluding carboxylic acids is 1. The molecule has 0 spiro atoms. The molecule has 4 atom stereocenters. The second-order valence-electron chi connectivity index (χ2n) is 6.39. The van der Waals surface area contributed by atoms with Gasteiger partial charge in [-0.1, -0.05) is 48.5 Å². The molecule has 1 fully saturated rings. The summed E-state index contributed by atoms with van der Waals surface area (Å²) in [5.74, 6) is -0.586. The van der Waals surface area contributed by atoms with Crippen LogP contribution in [-0.4, -0.2) is 23.8 Å². The molecule has 0 aromatic heterocycles. The smallest absolute Gasteiger partial charge is 0.312 e. The third-order valence-electron chi connectivity index (χ3n) is 5.26. The minimum absolute atomic E-state index is 0.00449. The Hall–Kier alpha value is -2.13. The zero-order chi connectivity index (χ0) is 16.0. The summed E-state index contributed by atoms with van der Waals surface area (Å²) in [6.45, 7) is 2.15. The number of carbonyl (C=O) groups is 1. The summed E-state index contributed by atoms with van der Waals surface area (Å²) in [4.78, 5) is 12.5. The van der Waals surface area contributed by atoms with E-state index in [4.69, 9.17) is 4.74 Å². The van der Waals surface area contributed by atoms with Gasteiger partial charge in [-0.15, -0.1) is 0 Å². The molecule has 0 heterocycles. The van der Waals surface area contributed by atoms with E-state index in [0.717, 1.165) is 5.56 Å². The fourth-order valence-corrected chi connectivity index (χ4v) is 4.41. The first-order chi connectivity index (χ1) is 11.2. The Labute approximate surface area is 135 Å². The highest BCUT2D eigenvalue weighted by Gasteiger charge is 2.51. The first kappa shape index (κ1) is 14.5. The zero-order valence-corrected chi connectivity index (χ0v) is 13.1. The van der Waals surface area contributed by atoms with Gasteiger partial charge in [0.2, 0.25) is 0 Å². The number of aliphatic hydroxyl groups excluding tert-OH is 1. The Bertz CT molecular complexity index is 752. The Balaban J connectivity index is 1.89. The number of esters is 1. The van der Waals surface area contributed by atoms with Crippen LogP contribution in [0.1, 0.15) is 36.3 Å². The fourth-order valence-electron chi connectivity index (χ4n) is 4.41. The molecular formula is C20H20O3. The van der Waals surface area contributed by atoms with Crippen molar-refractivity contribution in [2.45, 2.75) is 31.3 Å². The Morgan fingerprint density at radius 3 is 2.39 bits per heavy atom.